The van der Waals surface area contributed by atoms with Gasteiger partial charge >= 0.3 is 0 Å². The van der Waals surface area contributed by atoms with E-state index in [4.69, 9.17) is 14.2 Å². The van der Waals surface area contributed by atoms with E-state index < -0.39 is 0 Å². The predicted molar refractivity (Wildman–Crippen MR) is 90.6 cm³/mol. The average molecular weight is 330 g/mol. The quantitative estimate of drug-likeness (QED) is 0.534. The minimum absolute atomic E-state index is 0.0809. The van der Waals surface area contributed by atoms with Crippen LogP contribution in [0.5, 0.6) is 0 Å². The van der Waals surface area contributed by atoms with Crippen LogP contribution in [0.1, 0.15) is 27.7 Å². The van der Waals surface area contributed by atoms with E-state index in [0.29, 0.717) is 32.3 Å². The lowest BCUT2D eigenvalue weighted by Crippen LogP contribution is -2.50. The van der Waals surface area contributed by atoms with Gasteiger partial charge in [0.05, 0.1) is 32.5 Å². The molecule has 6 heteroatoms. The molecule has 1 heterocycles. The van der Waals surface area contributed by atoms with E-state index in [1.54, 1.807) is 0 Å². The molecule has 0 saturated carbocycles. The van der Waals surface area contributed by atoms with E-state index in [9.17, 15) is 4.79 Å². The van der Waals surface area contributed by atoms with E-state index in [-0.39, 0.29) is 18.6 Å². The third-order valence-corrected chi connectivity index (χ3v) is 3.62. The number of amides is 1. The largest absolute Gasteiger partial charge is 0.377 e. The lowest BCUT2D eigenvalue weighted by molar-refractivity contribution is -0.138. The van der Waals surface area contributed by atoms with Gasteiger partial charge in [-0.05, 0) is 19.8 Å². The summed E-state index contributed by atoms with van der Waals surface area (Å²) >= 11 is 0. The van der Waals surface area contributed by atoms with Gasteiger partial charge in [0.25, 0.3) is 0 Å². The molecule has 0 bridgehead atoms. The number of piperazine rings is 1. The number of hydrogen-bond acceptors (Lipinski definition) is 5. The lowest BCUT2D eigenvalue weighted by atomic mass is 10.2. The van der Waals surface area contributed by atoms with Crippen molar-refractivity contribution in [3.05, 3.63) is 0 Å². The summed E-state index contributed by atoms with van der Waals surface area (Å²) in [4.78, 5) is 16.4. The Balaban J connectivity index is 1.98. The maximum Gasteiger partial charge on any atom is 0.248 e. The minimum atomic E-state index is 0.0809. The fourth-order valence-corrected chi connectivity index (χ4v) is 2.51. The normalized spacial score (nSPS) is 16.5. The Morgan fingerprint density at radius 3 is 2.13 bits per heavy atom. The van der Waals surface area contributed by atoms with Crippen molar-refractivity contribution in [1.29, 1.82) is 0 Å². The molecule has 0 radical (unpaired) electrons. The van der Waals surface area contributed by atoms with Crippen LogP contribution in [0.2, 0.25) is 0 Å². The Morgan fingerprint density at radius 1 is 0.913 bits per heavy atom. The van der Waals surface area contributed by atoms with Gasteiger partial charge in [-0.3, -0.25) is 9.69 Å². The number of rotatable bonds is 11. The van der Waals surface area contributed by atoms with E-state index in [1.807, 2.05) is 18.7 Å². The Labute approximate surface area is 141 Å². The summed E-state index contributed by atoms with van der Waals surface area (Å²) in [6, 6.07) is 0. The molecular weight excluding hydrogens is 296 g/mol. The molecular formula is C17H34N2O4. The van der Waals surface area contributed by atoms with Crippen LogP contribution >= 0.6 is 0 Å². The molecule has 0 aliphatic carbocycles. The molecule has 1 amide bonds. The monoisotopic (exact) mass is 330 g/mol. The summed E-state index contributed by atoms with van der Waals surface area (Å²) in [5.74, 6) is 0.754. The highest BCUT2D eigenvalue weighted by Gasteiger charge is 2.21. The first-order valence-electron chi connectivity index (χ1n) is 8.76. The zero-order chi connectivity index (χ0) is 17.1. The summed E-state index contributed by atoms with van der Waals surface area (Å²) in [6.07, 6.45) is 0.230. The first kappa shape index (κ1) is 20.4. The Kier molecular flexibility index (Phi) is 10.4. The van der Waals surface area contributed by atoms with Crippen molar-refractivity contribution in [1.82, 2.24) is 9.80 Å². The van der Waals surface area contributed by atoms with Gasteiger partial charge in [0.15, 0.2) is 0 Å². The smallest absolute Gasteiger partial charge is 0.248 e. The fourth-order valence-electron chi connectivity index (χ4n) is 2.51. The molecule has 1 rings (SSSR count). The van der Waals surface area contributed by atoms with Crippen molar-refractivity contribution in [2.24, 2.45) is 5.92 Å². The first-order chi connectivity index (χ1) is 11.0. The average Bonchev–Trinajstić information content (AvgIpc) is 2.49. The lowest BCUT2D eigenvalue weighted by Gasteiger charge is -2.35. The second kappa shape index (κ2) is 11.8. The number of ether oxygens (including phenoxy) is 3. The van der Waals surface area contributed by atoms with E-state index >= 15 is 0 Å². The molecule has 0 atom stereocenters. The highest BCUT2D eigenvalue weighted by atomic mass is 16.5. The molecule has 0 aromatic heterocycles. The Morgan fingerprint density at radius 2 is 1.52 bits per heavy atom. The standard InChI is InChI=1S/C17H34N2O4/c1-15(2)13-18-5-7-19(8-6-18)17(20)14-22-10-9-21-11-12-23-16(3)4/h15-16H,5-14H2,1-4H3. The summed E-state index contributed by atoms with van der Waals surface area (Å²) in [5.41, 5.74) is 0. The van der Waals surface area contributed by atoms with Crippen LogP contribution in [0.4, 0.5) is 0 Å². The van der Waals surface area contributed by atoms with Crippen LogP contribution in [0.3, 0.4) is 0 Å². The zero-order valence-corrected chi connectivity index (χ0v) is 15.3. The molecule has 1 aliphatic rings. The first-order valence-corrected chi connectivity index (χ1v) is 8.76. The molecule has 23 heavy (non-hydrogen) atoms. The Bertz CT molecular complexity index is 316. The van der Waals surface area contributed by atoms with Crippen molar-refractivity contribution in [3.8, 4) is 0 Å². The highest BCUT2D eigenvalue weighted by molar-refractivity contribution is 5.77. The summed E-state index contributed by atoms with van der Waals surface area (Å²) < 4.78 is 16.1. The van der Waals surface area contributed by atoms with E-state index in [2.05, 4.69) is 18.7 Å². The van der Waals surface area contributed by atoms with Crippen LogP contribution in [-0.2, 0) is 19.0 Å². The molecule has 0 spiro atoms. The Hall–Kier alpha value is -0.690. The third kappa shape index (κ3) is 9.91. The molecule has 1 saturated heterocycles. The SMILES string of the molecule is CC(C)CN1CCN(C(=O)COCCOCCOC(C)C)CC1. The molecule has 0 N–H and O–H groups in total. The number of carbonyl (C=O) groups excluding carboxylic acids is 1. The number of carbonyl (C=O) groups is 1. The van der Waals surface area contributed by atoms with Gasteiger partial charge in [-0.1, -0.05) is 13.8 Å². The van der Waals surface area contributed by atoms with Crippen LogP contribution in [0.25, 0.3) is 0 Å². The molecule has 1 fully saturated rings. The van der Waals surface area contributed by atoms with E-state index in [1.165, 1.54) is 0 Å². The maximum absolute atomic E-state index is 12.1. The second-order valence-corrected chi connectivity index (χ2v) is 6.66. The number of hydrogen-bond donors (Lipinski definition) is 0. The van der Waals surface area contributed by atoms with Crippen molar-refractivity contribution in [3.63, 3.8) is 0 Å². The molecule has 0 unspecified atom stereocenters. The van der Waals surface area contributed by atoms with Crippen LogP contribution < -0.4 is 0 Å². The van der Waals surface area contributed by atoms with Crippen LogP contribution in [-0.4, -0.2) is 87.6 Å². The fraction of sp³-hybridized carbons (Fsp3) is 0.941. The van der Waals surface area contributed by atoms with Gasteiger partial charge in [-0.2, -0.15) is 0 Å². The van der Waals surface area contributed by atoms with Crippen molar-refractivity contribution in [2.75, 3.05) is 65.8 Å². The zero-order valence-electron chi connectivity index (χ0n) is 15.3. The number of nitrogens with zero attached hydrogens (tertiary/aromatic N) is 2. The van der Waals surface area contributed by atoms with Gasteiger partial charge in [-0.25, -0.2) is 0 Å². The van der Waals surface area contributed by atoms with E-state index in [0.717, 1.165) is 32.7 Å². The van der Waals surface area contributed by atoms with Crippen LogP contribution in [0.15, 0.2) is 0 Å². The second-order valence-electron chi connectivity index (χ2n) is 6.66. The van der Waals surface area contributed by atoms with Crippen molar-refractivity contribution >= 4 is 5.91 Å². The third-order valence-electron chi connectivity index (χ3n) is 3.62. The predicted octanol–water partition coefficient (Wildman–Crippen LogP) is 1.24. The maximum atomic E-state index is 12.1. The van der Waals surface area contributed by atoms with Crippen molar-refractivity contribution < 1.29 is 19.0 Å². The highest BCUT2D eigenvalue weighted by Crippen LogP contribution is 2.05. The molecule has 1 aliphatic heterocycles. The summed E-state index contributed by atoms with van der Waals surface area (Å²) in [6.45, 7) is 15.3. The van der Waals surface area contributed by atoms with Crippen molar-refractivity contribution in [2.45, 2.75) is 33.8 Å². The minimum Gasteiger partial charge on any atom is -0.377 e. The molecule has 136 valence electrons. The van der Waals surface area contributed by atoms with Gasteiger partial charge in [-0.15, -0.1) is 0 Å². The van der Waals surface area contributed by atoms with Gasteiger partial charge in [0, 0.05) is 32.7 Å². The van der Waals surface area contributed by atoms with Gasteiger partial charge in [0.2, 0.25) is 5.91 Å². The van der Waals surface area contributed by atoms with Gasteiger partial charge < -0.3 is 19.1 Å². The van der Waals surface area contributed by atoms with Gasteiger partial charge in [0.1, 0.15) is 6.61 Å². The summed E-state index contributed by atoms with van der Waals surface area (Å²) in [5, 5.41) is 0. The molecule has 0 aromatic rings. The molecule has 6 nitrogen and oxygen atoms in total. The van der Waals surface area contributed by atoms with Crippen LogP contribution in [0, 0.1) is 5.92 Å². The molecule has 0 aromatic carbocycles. The topological polar surface area (TPSA) is 51.2 Å². The summed E-state index contributed by atoms with van der Waals surface area (Å²) in [7, 11) is 0.